The number of ether oxygens (including phenoxy) is 1. The first-order valence-electron chi connectivity index (χ1n) is 3.91. The number of rotatable bonds is 4. The van der Waals surface area contributed by atoms with Gasteiger partial charge in [-0.3, -0.25) is 0 Å². The van der Waals surface area contributed by atoms with Gasteiger partial charge in [0.05, 0.1) is 6.20 Å². The molecule has 1 heterocycles. The molecule has 0 bridgehead atoms. The summed E-state index contributed by atoms with van der Waals surface area (Å²) in [5, 5.41) is 9.44. The Morgan fingerprint density at radius 3 is 3.15 bits per heavy atom. The van der Waals surface area contributed by atoms with Crippen LogP contribution in [0, 0.1) is 0 Å². The summed E-state index contributed by atoms with van der Waals surface area (Å²) in [6.45, 7) is 2.35. The highest BCUT2D eigenvalue weighted by Crippen LogP contribution is 2.05. The van der Waals surface area contributed by atoms with Crippen molar-refractivity contribution in [2.24, 2.45) is 0 Å². The minimum absolute atomic E-state index is 0.198. The van der Waals surface area contributed by atoms with E-state index in [0.29, 0.717) is 6.61 Å². The maximum absolute atomic E-state index is 11.2. The van der Waals surface area contributed by atoms with E-state index in [1.807, 2.05) is 6.92 Å². The number of hydrogen-bond donors (Lipinski definition) is 1. The van der Waals surface area contributed by atoms with Gasteiger partial charge >= 0.3 is 5.97 Å². The Morgan fingerprint density at radius 1 is 1.85 bits per heavy atom. The molecule has 0 amide bonds. The fourth-order valence-electron chi connectivity index (χ4n) is 0.658. The zero-order valence-corrected chi connectivity index (χ0v) is 8.74. The van der Waals surface area contributed by atoms with Gasteiger partial charge in [0.25, 0.3) is 0 Å². The van der Waals surface area contributed by atoms with E-state index in [1.165, 1.54) is 6.20 Å². The lowest BCUT2D eigenvalue weighted by Crippen LogP contribution is -2.13. The molecule has 0 aliphatic rings. The predicted molar refractivity (Wildman–Crippen MR) is 49.7 cm³/mol. The third kappa shape index (κ3) is 3.14. The summed E-state index contributed by atoms with van der Waals surface area (Å²) in [6.07, 6.45) is 2.24. The van der Waals surface area contributed by atoms with Crippen molar-refractivity contribution in [1.82, 2.24) is 15.4 Å². The number of carbonyl (C=O) groups is 1. The monoisotopic (exact) mass is 247 g/mol. The minimum atomic E-state index is -0.452. The van der Waals surface area contributed by atoms with E-state index in [4.69, 9.17) is 4.74 Å². The maximum atomic E-state index is 11.2. The van der Waals surface area contributed by atoms with Gasteiger partial charge in [-0.1, -0.05) is 22.9 Å². The van der Waals surface area contributed by atoms with E-state index in [0.717, 1.165) is 6.42 Å². The van der Waals surface area contributed by atoms with Gasteiger partial charge < -0.3 is 4.74 Å². The molecule has 0 fully saturated rings. The molecule has 1 unspecified atom stereocenters. The van der Waals surface area contributed by atoms with Crippen LogP contribution >= 0.6 is 15.9 Å². The SMILES string of the molecule is CCC(Br)COC(=O)c1cn[nH]n1. The Bertz CT molecular complexity index is 263. The number of carbonyl (C=O) groups excluding carboxylic acids is 1. The van der Waals surface area contributed by atoms with Crippen LogP contribution in [0.5, 0.6) is 0 Å². The molecular weight excluding hydrogens is 238 g/mol. The summed E-state index contributed by atoms with van der Waals surface area (Å²) >= 11 is 3.35. The van der Waals surface area contributed by atoms with Crippen LogP contribution in [0.1, 0.15) is 23.8 Å². The second-order valence-corrected chi connectivity index (χ2v) is 3.75. The van der Waals surface area contributed by atoms with E-state index in [-0.39, 0.29) is 10.5 Å². The normalized spacial score (nSPS) is 12.5. The summed E-state index contributed by atoms with van der Waals surface area (Å²) in [7, 11) is 0. The van der Waals surface area contributed by atoms with Crippen LogP contribution in [0.2, 0.25) is 0 Å². The Balaban J connectivity index is 2.35. The molecule has 0 saturated heterocycles. The number of H-pyrrole nitrogens is 1. The summed E-state index contributed by atoms with van der Waals surface area (Å²) in [6, 6.07) is 0. The fourth-order valence-corrected chi connectivity index (χ4v) is 0.790. The van der Waals surface area contributed by atoms with Crippen molar-refractivity contribution in [2.45, 2.75) is 18.2 Å². The molecule has 0 radical (unpaired) electrons. The third-order valence-electron chi connectivity index (χ3n) is 1.46. The molecule has 0 aromatic carbocycles. The van der Waals surface area contributed by atoms with Crippen molar-refractivity contribution >= 4 is 21.9 Å². The van der Waals surface area contributed by atoms with Crippen LogP contribution in [0.25, 0.3) is 0 Å². The highest BCUT2D eigenvalue weighted by atomic mass is 79.9. The van der Waals surface area contributed by atoms with E-state index < -0.39 is 5.97 Å². The molecule has 0 spiro atoms. The topological polar surface area (TPSA) is 67.9 Å². The lowest BCUT2D eigenvalue weighted by Gasteiger charge is -2.05. The van der Waals surface area contributed by atoms with Gasteiger partial charge in [0, 0.05) is 4.83 Å². The van der Waals surface area contributed by atoms with Crippen molar-refractivity contribution in [3.63, 3.8) is 0 Å². The quantitative estimate of drug-likeness (QED) is 0.640. The number of aromatic amines is 1. The molecular formula is C7H10BrN3O2. The zero-order valence-electron chi connectivity index (χ0n) is 7.16. The summed E-state index contributed by atoms with van der Waals surface area (Å²) in [5.74, 6) is -0.452. The molecule has 1 rings (SSSR count). The van der Waals surface area contributed by atoms with Gasteiger partial charge in [0.15, 0.2) is 5.69 Å². The van der Waals surface area contributed by atoms with Crippen LogP contribution in [-0.4, -0.2) is 32.8 Å². The number of nitrogens with one attached hydrogen (secondary N) is 1. The van der Waals surface area contributed by atoms with Gasteiger partial charge in [0.2, 0.25) is 0 Å². The smallest absolute Gasteiger partial charge is 0.360 e. The summed E-state index contributed by atoms with van der Waals surface area (Å²) < 4.78 is 4.93. The van der Waals surface area contributed by atoms with Crippen LogP contribution in [0.15, 0.2) is 6.20 Å². The van der Waals surface area contributed by atoms with Gasteiger partial charge in [0.1, 0.15) is 6.61 Å². The number of alkyl halides is 1. The number of esters is 1. The Hall–Kier alpha value is -0.910. The molecule has 0 aliphatic heterocycles. The fraction of sp³-hybridized carbons (Fsp3) is 0.571. The van der Waals surface area contributed by atoms with Crippen molar-refractivity contribution < 1.29 is 9.53 Å². The molecule has 72 valence electrons. The van der Waals surface area contributed by atoms with Gasteiger partial charge in [-0.25, -0.2) is 4.79 Å². The number of halogens is 1. The Kier molecular flexibility index (Phi) is 3.88. The molecule has 0 saturated carbocycles. The number of nitrogens with zero attached hydrogens (tertiary/aromatic N) is 2. The van der Waals surface area contributed by atoms with Crippen LogP contribution < -0.4 is 0 Å². The zero-order chi connectivity index (χ0) is 9.68. The van der Waals surface area contributed by atoms with Crippen molar-refractivity contribution in [3.8, 4) is 0 Å². The summed E-state index contributed by atoms with van der Waals surface area (Å²) in [4.78, 5) is 11.4. The Morgan fingerprint density at radius 2 is 2.62 bits per heavy atom. The molecule has 0 aliphatic carbocycles. The van der Waals surface area contributed by atoms with Crippen LogP contribution in [-0.2, 0) is 4.74 Å². The Labute approximate surface area is 84.0 Å². The average Bonchev–Trinajstić information content (AvgIpc) is 2.66. The lowest BCUT2D eigenvalue weighted by atomic mass is 10.3. The van der Waals surface area contributed by atoms with E-state index in [2.05, 4.69) is 31.3 Å². The van der Waals surface area contributed by atoms with E-state index >= 15 is 0 Å². The molecule has 5 nitrogen and oxygen atoms in total. The van der Waals surface area contributed by atoms with Gasteiger partial charge in [-0.05, 0) is 6.42 Å². The van der Waals surface area contributed by atoms with E-state index in [1.54, 1.807) is 0 Å². The first-order valence-corrected chi connectivity index (χ1v) is 4.82. The minimum Gasteiger partial charge on any atom is -0.460 e. The van der Waals surface area contributed by atoms with Gasteiger partial charge in [-0.15, -0.1) is 5.10 Å². The van der Waals surface area contributed by atoms with Gasteiger partial charge in [-0.2, -0.15) is 10.3 Å². The largest absolute Gasteiger partial charge is 0.460 e. The van der Waals surface area contributed by atoms with Crippen LogP contribution in [0.4, 0.5) is 0 Å². The molecule has 1 aromatic rings. The second kappa shape index (κ2) is 4.96. The van der Waals surface area contributed by atoms with Crippen molar-refractivity contribution in [3.05, 3.63) is 11.9 Å². The van der Waals surface area contributed by atoms with Crippen LogP contribution in [0.3, 0.4) is 0 Å². The first-order chi connectivity index (χ1) is 6.24. The third-order valence-corrected chi connectivity index (χ3v) is 2.37. The second-order valence-electron chi connectivity index (χ2n) is 2.46. The molecule has 1 aromatic heterocycles. The standard InChI is InChI=1S/C7H10BrN3O2/c1-2-5(8)4-13-7(12)6-3-9-11-10-6/h3,5H,2,4H2,1H3,(H,9,10,11). The number of hydrogen-bond acceptors (Lipinski definition) is 4. The highest BCUT2D eigenvalue weighted by Gasteiger charge is 2.11. The van der Waals surface area contributed by atoms with E-state index in [9.17, 15) is 4.79 Å². The molecule has 1 N–H and O–H groups in total. The predicted octanol–water partition coefficient (Wildman–Crippen LogP) is 1.14. The average molecular weight is 248 g/mol. The molecule has 6 heteroatoms. The highest BCUT2D eigenvalue weighted by molar-refractivity contribution is 9.09. The van der Waals surface area contributed by atoms with Crippen molar-refractivity contribution in [2.75, 3.05) is 6.61 Å². The first kappa shape index (κ1) is 10.2. The molecule has 13 heavy (non-hydrogen) atoms. The molecule has 1 atom stereocenters. The number of aromatic nitrogens is 3. The maximum Gasteiger partial charge on any atom is 0.360 e. The summed E-state index contributed by atoms with van der Waals surface area (Å²) in [5.41, 5.74) is 0.204. The lowest BCUT2D eigenvalue weighted by molar-refractivity contribution is 0.0500. The van der Waals surface area contributed by atoms with Crippen molar-refractivity contribution in [1.29, 1.82) is 0 Å².